The third-order valence-electron chi connectivity index (χ3n) is 3.28. The van der Waals surface area contributed by atoms with Gasteiger partial charge >= 0.3 is 0 Å². The van der Waals surface area contributed by atoms with Gasteiger partial charge in [0.2, 0.25) is 0 Å². The van der Waals surface area contributed by atoms with Crippen LogP contribution in [0.15, 0.2) is 42.5 Å². The molecule has 0 amide bonds. The van der Waals surface area contributed by atoms with Crippen molar-refractivity contribution in [3.63, 3.8) is 0 Å². The molecule has 2 aromatic rings. The molecule has 0 saturated heterocycles. The molecule has 2 aromatic carbocycles. The van der Waals surface area contributed by atoms with Crippen molar-refractivity contribution in [2.45, 2.75) is 18.6 Å². The molecule has 0 saturated carbocycles. The van der Waals surface area contributed by atoms with Crippen LogP contribution in [0.1, 0.15) is 29.8 Å². The van der Waals surface area contributed by atoms with E-state index in [1.54, 1.807) is 30.3 Å². The number of ether oxygens (including phenoxy) is 1. The van der Waals surface area contributed by atoms with E-state index in [2.05, 4.69) is 0 Å². The Balaban J connectivity index is 1.92. The van der Waals surface area contributed by atoms with Crippen molar-refractivity contribution in [2.24, 2.45) is 0 Å². The number of hydrogen-bond acceptors (Lipinski definition) is 2. The summed E-state index contributed by atoms with van der Waals surface area (Å²) in [5, 5.41) is 10.7. The monoisotopic (exact) mass is 278 g/mol. The zero-order chi connectivity index (χ0) is 13.4. The molecular formula is C15H12ClFO2. The lowest BCUT2D eigenvalue weighted by molar-refractivity contribution is 0.0657. The van der Waals surface area contributed by atoms with Gasteiger partial charge in [-0.05, 0) is 35.9 Å². The van der Waals surface area contributed by atoms with Crippen LogP contribution in [-0.4, -0.2) is 5.11 Å². The number of benzene rings is 2. The van der Waals surface area contributed by atoms with E-state index >= 15 is 0 Å². The summed E-state index contributed by atoms with van der Waals surface area (Å²) >= 11 is 5.90. The van der Waals surface area contributed by atoms with Gasteiger partial charge in [-0.15, -0.1) is 0 Å². The van der Waals surface area contributed by atoms with Gasteiger partial charge in [-0.1, -0.05) is 23.7 Å². The highest BCUT2D eigenvalue weighted by molar-refractivity contribution is 6.30. The van der Waals surface area contributed by atoms with Crippen LogP contribution in [0.25, 0.3) is 0 Å². The van der Waals surface area contributed by atoms with E-state index < -0.39 is 6.10 Å². The van der Waals surface area contributed by atoms with Crippen LogP contribution in [0.4, 0.5) is 4.39 Å². The summed E-state index contributed by atoms with van der Waals surface area (Å²) in [7, 11) is 0. The first-order valence-electron chi connectivity index (χ1n) is 6.03. The van der Waals surface area contributed by atoms with Gasteiger partial charge in [0.1, 0.15) is 17.7 Å². The molecule has 1 heterocycles. The van der Waals surface area contributed by atoms with E-state index in [0.717, 1.165) is 5.56 Å². The second kappa shape index (κ2) is 4.83. The Morgan fingerprint density at radius 1 is 1.16 bits per heavy atom. The van der Waals surface area contributed by atoms with E-state index in [4.69, 9.17) is 16.3 Å². The van der Waals surface area contributed by atoms with Gasteiger partial charge in [0, 0.05) is 17.0 Å². The van der Waals surface area contributed by atoms with Gasteiger partial charge in [-0.2, -0.15) is 0 Å². The molecule has 2 nitrogen and oxygen atoms in total. The molecule has 4 heteroatoms. The predicted molar refractivity (Wildman–Crippen MR) is 70.8 cm³/mol. The fraction of sp³-hybridized carbons (Fsp3) is 0.200. The second-order valence-electron chi connectivity index (χ2n) is 4.59. The Bertz CT molecular complexity index is 598. The standard InChI is InChI=1S/C15H12ClFO2/c16-10-3-6-14-12(7-10)13(18)8-15(19-14)9-1-4-11(17)5-2-9/h1-7,13,15,18H,8H2/t13-,15?/m0/s1. The molecule has 1 aliphatic rings. The maximum atomic E-state index is 12.9. The molecule has 0 bridgehead atoms. The van der Waals surface area contributed by atoms with Crippen LogP contribution in [-0.2, 0) is 0 Å². The Hall–Kier alpha value is -1.58. The van der Waals surface area contributed by atoms with Crippen LogP contribution in [0, 0.1) is 5.82 Å². The highest BCUT2D eigenvalue weighted by atomic mass is 35.5. The van der Waals surface area contributed by atoms with E-state index in [0.29, 0.717) is 22.8 Å². The van der Waals surface area contributed by atoms with E-state index in [9.17, 15) is 9.50 Å². The minimum absolute atomic E-state index is 0.274. The van der Waals surface area contributed by atoms with Gasteiger partial charge in [0.25, 0.3) is 0 Å². The third-order valence-corrected chi connectivity index (χ3v) is 3.51. The van der Waals surface area contributed by atoms with Crippen molar-refractivity contribution in [2.75, 3.05) is 0 Å². The summed E-state index contributed by atoms with van der Waals surface area (Å²) in [5.41, 5.74) is 1.55. The molecule has 0 fully saturated rings. The summed E-state index contributed by atoms with van der Waals surface area (Å²) in [6.07, 6.45) is -0.472. The Morgan fingerprint density at radius 3 is 2.63 bits per heavy atom. The lowest BCUT2D eigenvalue weighted by atomic mass is 9.95. The minimum atomic E-state index is -0.627. The molecule has 0 spiro atoms. The van der Waals surface area contributed by atoms with Crippen molar-refractivity contribution in [1.29, 1.82) is 0 Å². The normalized spacial score (nSPS) is 21.6. The molecule has 0 radical (unpaired) electrons. The molecule has 98 valence electrons. The smallest absolute Gasteiger partial charge is 0.127 e. The van der Waals surface area contributed by atoms with Gasteiger partial charge in [-0.3, -0.25) is 0 Å². The highest BCUT2D eigenvalue weighted by Gasteiger charge is 2.28. The number of hydrogen-bond donors (Lipinski definition) is 1. The number of aliphatic hydroxyl groups is 1. The zero-order valence-corrected chi connectivity index (χ0v) is 10.8. The summed E-state index contributed by atoms with van der Waals surface area (Å²) in [5.74, 6) is 0.338. The first-order valence-corrected chi connectivity index (χ1v) is 6.41. The lowest BCUT2D eigenvalue weighted by Gasteiger charge is -2.30. The average Bonchev–Trinajstić information content (AvgIpc) is 2.40. The fourth-order valence-electron chi connectivity index (χ4n) is 2.30. The average molecular weight is 279 g/mol. The van der Waals surface area contributed by atoms with E-state index in [1.807, 2.05) is 0 Å². The highest BCUT2D eigenvalue weighted by Crippen LogP contribution is 2.41. The van der Waals surface area contributed by atoms with Crippen LogP contribution in [0.3, 0.4) is 0 Å². The maximum absolute atomic E-state index is 12.9. The van der Waals surface area contributed by atoms with Crippen molar-refractivity contribution < 1.29 is 14.2 Å². The largest absolute Gasteiger partial charge is 0.485 e. The van der Waals surface area contributed by atoms with Gasteiger partial charge in [0.05, 0.1) is 6.10 Å². The third kappa shape index (κ3) is 2.44. The van der Waals surface area contributed by atoms with Crippen molar-refractivity contribution in [1.82, 2.24) is 0 Å². The molecule has 0 aromatic heterocycles. The van der Waals surface area contributed by atoms with Crippen LogP contribution < -0.4 is 4.74 Å². The minimum Gasteiger partial charge on any atom is -0.485 e. The van der Waals surface area contributed by atoms with Crippen molar-refractivity contribution in [3.8, 4) is 5.75 Å². The first-order chi connectivity index (χ1) is 9.13. The molecular weight excluding hydrogens is 267 g/mol. The topological polar surface area (TPSA) is 29.5 Å². The SMILES string of the molecule is O[C@H]1CC(c2ccc(F)cc2)Oc2ccc(Cl)cc21. The molecule has 2 atom stereocenters. The van der Waals surface area contributed by atoms with Crippen LogP contribution >= 0.6 is 11.6 Å². The predicted octanol–water partition coefficient (Wildman–Crippen LogP) is 4.04. The Labute approximate surface area is 115 Å². The molecule has 19 heavy (non-hydrogen) atoms. The zero-order valence-electron chi connectivity index (χ0n) is 10.0. The quantitative estimate of drug-likeness (QED) is 0.853. The Kier molecular flexibility index (Phi) is 3.17. The lowest BCUT2D eigenvalue weighted by Crippen LogP contribution is -2.19. The van der Waals surface area contributed by atoms with Crippen molar-refractivity contribution in [3.05, 3.63) is 64.4 Å². The number of fused-ring (bicyclic) bond motifs is 1. The van der Waals surface area contributed by atoms with Gasteiger partial charge in [0.15, 0.2) is 0 Å². The van der Waals surface area contributed by atoms with Crippen molar-refractivity contribution >= 4 is 11.6 Å². The molecule has 1 aliphatic heterocycles. The molecule has 1 N–H and O–H groups in total. The Morgan fingerprint density at radius 2 is 1.89 bits per heavy atom. The number of aliphatic hydroxyl groups excluding tert-OH is 1. The second-order valence-corrected chi connectivity index (χ2v) is 5.03. The summed E-state index contributed by atoms with van der Waals surface area (Å²) in [4.78, 5) is 0. The van der Waals surface area contributed by atoms with E-state index in [-0.39, 0.29) is 11.9 Å². The fourth-order valence-corrected chi connectivity index (χ4v) is 2.48. The first kappa shape index (κ1) is 12.5. The summed E-state index contributed by atoms with van der Waals surface area (Å²) < 4.78 is 18.8. The number of halogens is 2. The number of rotatable bonds is 1. The van der Waals surface area contributed by atoms with Crippen LogP contribution in [0.2, 0.25) is 5.02 Å². The molecule has 1 unspecified atom stereocenters. The summed E-state index contributed by atoms with van der Waals surface area (Å²) in [6.45, 7) is 0. The summed E-state index contributed by atoms with van der Waals surface area (Å²) in [6, 6.07) is 11.3. The molecule has 0 aliphatic carbocycles. The van der Waals surface area contributed by atoms with Gasteiger partial charge < -0.3 is 9.84 Å². The molecule has 3 rings (SSSR count). The van der Waals surface area contributed by atoms with Gasteiger partial charge in [-0.25, -0.2) is 4.39 Å². The maximum Gasteiger partial charge on any atom is 0.127 e. The van der Waals surface area contributed by atoms with E-state index in [1.165, 1.54) is 12.1 Å². The van der Waals surface area contributed by atoms with Crippen LogP contribution in [0.5, 0.6) is 5.75 Å².